The van der Waals surface area contributed by atoms with Crippen LogP contribution in [-0.4, -0.2) is 18.6 Å². The van der Waals surface area contributed by atoms with E-state index in [4.69, 9.17) is 9.15 Å². The van der Waals surface area contributed by atoms with Crippen LogP contribution >= 0.6 is 0 Å². The van der Waals surface area contributed by atoms with Crippen LogP contribution in [0, 0.1) is 23.7 Å². The summed E-state index contributed by atoms with van der Waals surface area (Å²) in [5.74, 6) is 3.59. The van der Waals surface area contributed by atoms with E-state index in [0.29, 0.717) is 29.2 Å². The Balaban J connectivity index is 1.22. The molecule has 136 valence electrons. The van der Waals surface area contributed by atoms with E-state index in [1.807, 2.05) is 6.07 Å². The molecular weight excluding hydrogens is 330 g/mol. The average molecular weight is 353 g/mol. The van der Waals surface area contributed by atoms with Crippen molar-refractivity contribution in [2.75, 3.05) is 6.61 Å². The standard InChI is InChI=1S/C21H23NO4/c23-19(22-21-15-6-12-5-13(8-15)9-16(21)7-12)11-25-17-3-1-14-2-4-20(24)26-18(14)10-17/h1-4,10,12-13,15-16,21H,5-9,11H2,(H,22,23). The van der Waals surface area contributed by atoms with Crippen LogP contribution in [0.3, 0.4) is 0 Å². The number of carbonyl (C=O) groups is 1. The summed E-state index contributed by atoms with van der Waals surface area (Å²) in [6.07, 6.45) is 6.53. The van der Waals surface area contributed by atoms with Crippen molar-refractivity contribution in [3.63, 3.8) is 0 Å². The lowest BCUT2D eigenvalue weighted by molar-refractivity contribution is -0.127. The number of hydrogen-bond acceptors (Lipinski definition) is 4. The minimum Gasteiger partial charge on any atom is -0.484 e. The fourth-order valence-corrected chi connectivity index (χ4v) is 5.67. The molecule has 1 aromatic heterocycles. The van der Waals surface area contributed by atoms with E-state index in [-0.39, 0.29) is 12.5 Å². The molecule has 0 spiro atoms. The maximum absolute atomic E-state index is 12.4. The van der Waals surface area contributed by atoms with Crippen molar-refractivity contribution in [2.24, 2.45) is 23.7 Å². The first-order valence-corrected chi connectivity index (χ1v) is 9.60. The van der Waals surface area contributed by atoms with Crippen LogP contribution < -0.4 is 15.7 Å². The molecule has 0 aliphatic heterocycles. The zero-order valence-electron chi connectivity index (χ0n) is 14.6. The fourth-order valence-electron chi connectivity index (χ4n) is 5.67. The van der Waals surface area contributed by atoms with Gasteiger partial charge in [0.25, 0.3) is 5.91 Å². The van der Waals surface area contributed by atoms with Crippen molar-refractivity contribution in [1.29, 1.82) is 0 Å². The van der Waals surface area contributed by atoms with Crippen molar-refractivity contribution in [2.45, 2.75) is 38.1 Å². The van der Waals surface area contributed by atoms with E-state index in [1.165, 1.54) is 38.2 Å². The number of rotatable bonds is 4. The summed E-state index contributed by atoms with van der Waals surface area (Å²) in [7, 11) is 0. The summed E-state index contributed by atoms with van der Waals surface area (Å²) >= 11 is 0. The van der Waals surface area contributed by atoms with Gasteiger partial charge in [0, 0.05) is 23.6 Å². The molecule has 1 aromatic carbocycles. The van der Waals surface area contributed by atoms with Gasteiger partial charge in [-0.05, 0) is 74.0 Å². The smallest absolute Gasteiger partial charge is 0.336 e. The lowest BCUT2D eigenvalue weighted by Gasteiger charge is -2.54. The molecule has 6 rings (SSSR count). The summed E-state index contributed by atoms with van der Waals surface area (Å²) in [4.78, 5) is 23.7. The van der Waals surface area contributed by atoms with Crippen LogP contribution in [-0.2, 0) is 4.79 Å². The highest BCUT2D eigenvalue weighted by atomic mass is 16.5. The second kappa shape index (κ2) is 6.15. The van der Waals surface area contributed by atoms with E-state index in [9.17, 15) is 9.59 Å². The predicted molar refractivity (Wildman–Crippen MR) is 97.0 cm³/mol. The molecule has 1 heterocycles. The average Bonchev–Trinajstić information content (AvgIpc) is 2.62. The van der Waals surface area contributed by atoms with Gasteiger partial charge in [0.2, 0.25) is 0 Å². The third-order valence-electron chi connectivity index (χ3n) is 6.52. The lowest BCUT2D eigenvalue weighted by atomic mass is 9.54. The Labute approximate surface area is 151 Å². The number of hydrogen-bond donors (Lipinski definition) is 1. The summed E-state index contributed by atoms with van der Waals surface area (Å²) in [6, 6.07) is 8.70. The van der Waals surface area contributed by atoms with Crippen molar-refractivity contribution in [1.82, 2.24) is 5.32 Å². The van der Waals surface area contributed by atoms with E-state index in [2.05, 4.69) is 5.32 Å². The van der Waals surface area contributed by atoms with Gasteiger partial charge in [-0.25, -0.2) is 4.79 Å². The number of fused-ring (bicyclic) bond motifs is 1. The molecule has 4 aliphatic carbocycles. The second-order valence-electron chi connectivity index (χ2n) is 8.27. The molecule has 5 heteroatoms. The molecule has 0 radical (unpaired) electrons. The summed E-state index contributed by atoms with van der Waals surface area (Å²) < 4.78 is 10.8. The van der Waals surface area contributed by atoms with Gasteiger partial charge in [-0.2, -0.15) is 0 Å². The monoisotopic (exact) mass is 353 g/mol. The first kappa shape index (κ1) is 15.9. The summed E-state index contributed by atoms with van der Waals surface area (Å²) in [5.41, 5.74) is 0.0747. The van der Waals surface area contributed by atoms with Crippen LogP contribution in [0.1, 0.15) is 32.1 Å². The van der Waals surface area contributed by atoms with E-state index >= 15 is 0 Å². The van der Waals surface area contributed by atoms with Crippen molar-refractivity contribution in [3.05, 3.63) is 40.8 Å². The minimum absolute atomic E-state index is 0.00856. The third kappa shape index (κ3) is 2.89. The van der Waals surface area contributed by atoms with Gasteiger partial charge in [-0.1, -0.05) is 0 Å². The number of ether oxygens (including phenoxy) is 1. The van der Waals surface area contributed by atoms with Gasteiger partial charge in [0.1, 0.15) is 11.3 Å². The molecular formula is C21H23NO4. The molecule has 4 fully saturated rings. The molecule has 4 aliphatic rings. The zero-order valence-corrected chi connectivity index (χ0v) is 14.6. The Kier molecular flexibility index (Phi) is 3.76. The number of benzene rings is 1. The largest absolute Gasteiger partial charge is 0.484 e. The number of amides is 1. The normalized spacial score (nSPS) is 31.9. The molecule has 4 bridgehead atoms. The number of carbonyl (C=O) groups excluding carboxylic acids is 1. The van der Waals surface area contributed by atoms with Crippen LogP contribution in [0.25, 0.3) is 11.0 Å². The SMILES string of the molecule is O=C(COc1ccc2ccc(=O)oc2c1)NC1C2CC3CC(C2)CC1C3. The quantitative estimate of drug-likeness (QED) is 0.858. The molecule has 1 N–H and O–H groups in total. The van der Waals surface area contributed by atoms with Gasteiger partial charge in [0.15, 0.2) is 6.61 Å². The Morgan fingerprint density at radius 1 is 1.04 bits per heavy atom. The second-order valence-corrected chi connectivity index (χ2v) is 8.27. The molecule has 0 atom stereocenters. The molecule has 0 saturated heterocycles. The van der Waals surface area contributed by atoms with Crippen LogP contribution in [0.5, 0.6) is 5.75 Å². The summed E-state index contributed by atoms with van der Waals surface area (Å²) in [6.45, 7) is -0.00856. The fraction of sp³-hybridized carbons (Fsp3) is 0.524. The van der Waals surface area contributed by atoms with E-state index in [0.717, 1.165) is 17.2 Å². The number of nitrogens with one attached hydrogen (secondary N) is 1. The Morgan fingerprint density at radius 3 is 2.46 bits per heavy atom. The van der Waals surface area contributed by atoms with Crippen LogP contribution in [0.2, 0.25) is 0 Å². The predicted octanol–water partition coefficient (Wildman–Crippen LogP) is 3.11. The highest BCUT2D eigenvalue weighted by Gasteiger charge is 2.48. The van der Waals surface area contributed by atoms with Crippen molar-refractivity contribution < 1.29 is 13.9 Å². The topological polar surface area (TPSA) is 68.5 Å². The molecule has 4 saturated carbocycles. The molecule has 5 nitrogen and oxygen atoms in total. The Bertz CT molecular complexity index is 874. The lowest BCUT2D eigenvalue weighted by Crippen LogP contribution is -2.56. The van der Waals surface area contributed by atoms with Gasteiger partial charge in [-0.3, -0.25) is 4.79 Å². The molecule has 26 heavy (non-hydrogen) atoms. The molecule has 2 aromatic rings. The third-order valence-corrected chi connectivity index (χ3v) is 6.52. The molecule has 0 unspecified atom stereocenters. The summed E-state index contributed by atoms with van der Waals surface area (Å²) in [5, 5.41) is 4.07. The van der Waals surface area contributed by atoms with Gasteiger partial charge >= 0.3 is 5.63 Å². The van der Waals surface area contributed by atoms with Crippen LogP contribution in [0.4, 0.5) is 0 Å². The maximum Gasteiger partial charge on any atom is 0.336 e. The van der Waals surface area contributed by atoms with Gasteiger partial charge < -0.3 is 14.5 Å². The highest BCUT2D eigenvalue weighted by Crippen LogP contribution is 2.53. The molecule has 1 amide bonds. The van der Waals surface area contributed by atoms with Gasteiger partial charge in [-0.15, -0.1) is 0 Å². The highest BCUT2D eigenvalue weighted by molar-refractivity contribution is 5.79. The Hall–Kier alpha value is -2.30. The van der Waals surface area contributed by atoms with E-state index < -0.39 is 5.63 Å². The minimum atomic E-state index is -0.394. The van der Waals surface area contributed by atoms with E-state index in [1.54, 1.807) is 18.2 Å². The zero-order chi connectivity index (χ0) is 17.7. The van der Waals surface area contributed by atoms with Crippen LogP contribution in [0.15, 0.2) is 39.5 Å². The maximum atomic E-state index is 12.4. The van der Waals surface area contributed by atoms with Crippen molar-refractivity contribution in [3.8, 4) is 5.75 Å². The van der Waals surface area contributed by atoms with Gasteiger partial charge in [0.05, 0.1) is 0 Å². The Morgan fingerprint density at radius 2 is 1.73 bits per heavy atom. The van der Waals surface area contributed by atoms with Crippen molar-refractivity contribution >= 4 is 16.9 Å². The first-order valence-electron chi connectivity index (χ1n) is 9.60. The first-order chi connectivity index (χ1) is 12.6.